The van der Waals surface area contributed by atoms with Crippen LogP contribution in [0.2, 0.25) is 5.02 Å². The quantitative estimate of drug-likeness (QED) is 0.358. The van der Waals surface area contributed by atoms with Crippen LogP contribution in [0.25, 0.3) is 0 Å². The zero-order valence-corrected chi connectivity index (χ0v) is 19.7. The zero-order valence-electron chi connectivity index (χ0n) is 16.5. The molecular formula is C22H19BrClN3O3S. The van der Waals surface area contributed by atoms with E-state index in [0.29, 0.717) is 16.3 Å². The van der Waals surface area contributed by atoms with Crippen LogP contribution in [0.5, 0.6) is 0 Å². The van der Waals surface area contributed by atoms with E-state index in [9.17, 15) is 13.2 Å². The topological polar surface area (TPSA) is 78.8 Å². The van der Waals surface area contributed by atoms with Gasteiger partial charge in [-0.05, 0) is 59.7 Å². The highest BCUT2D eigenvalue weighted by molar-refractivity contribution is 9.10. The third-order valence-electron chi connectivity index (χ3n) is 4.29. The molecule has 0 unspecified atom stereocenters. The SMILES string of the molecule is CS(=O)(=O)N(Cc1ccc(Cl)cc1)c1ccc(C(=O)N/N=C/c2cccc(Br)c2)cc1. The van der Waals surface area contributed by atoms with E-state index < -0.39 is 15.9 Å². The number of nitrogens with zero attached hydrogens (tertiary/aromatic N) is 2. The van der Waals surface area contributed by atoms with E-state index in [-0.39, 0.29) is 6.54 Å². The highest BCUT2D eigenvalue weighted by atomic mass is 79.9. The van der Waals surface area contributed by atoms with E-state index in [1.54, 1.807) is 48.5 Å². The van der Waals surface area contributed by atoms with Crippen molar-refractivity contribution in [3.63, 3.8) is 0 Å². The smallest absolute Gasteiger partial charge is 0.267 e. The van der Waals surface area contributed by atoms with Crippen molar-refractivity contribution < 1.29 is 13.2 Å². The fraction of sp³-hybridized carbons (Fsp3) is 0.0909. The fourth-order valence-electron chi connectivity index (χ4n) is 2.75. The Labute approximate surface area is 194 Å². The average Bonchev–Trinajstić information content (AvgIpc) is 2.72. The van der Waals surface area contributed by atoms with Crippen molar-refractivity contribution in [3.8, 4) is 0 Å². The van der Waals surface area contributed by atoms with E-state index >= 15 is 0 Å². The Hall–Kier alpha value is -2.68. The Morgan fingerprint density at radius 1 is 1.10 bits per heavy atom. The van der Waals surface area contributed by atoms with Gasteiger partial charge in [0.2, 0.25) is 10.0 Å². The van der Waals surface area contributed by atoms with E-state index in [1.165, 1.54) is 10.5 Å². The van der Waals surface area contributed by atoms with Crippen LogP contribution in [0.3, 0.4) is 0 Å². The highest BCUT2D eigenvalue weighted by Gasteiger charge is 2.18. The molecule has 0 aliphatic heterocycles. The minimum atomic E-state index is -3.54. The van der Waals surface area contributed by atoms with Crippen molar-refractivity contribution in [1.82, 2.24) is 5.43 Å². The molecule has 0 heterocycles. The van der Waals surface area contributed by atoms with Crippen LogP contribution in [-0.4, -0.2) is 26.8 Å². The second-order valence-electron chi connectivity index (χ2n) is 6.70. The van der Waals surface area contributed by atoms with Gasteiger partial charge in [0.05, 0.1) is 24.7 Å². The molecule has 0 saturated carbocycles. The summed E-state index contributed by atoms with van der Waals surface area (Å²) in [5.41, 5.74) is 4.89. The van der Waals surface area contributed by atoms with E-state index in [4.69, 9.17) is 11.6 Å². The number of anilines is 1. The molecule has 9 heteroatoms. The maximum atomic E-state index is 12.3. The molecule has 0 aliphatic carbocycles. The third kappa shape index (κ3) is 6.65. The number of benzene rings is 3. The number of carbonyl (C=O) groups is 1. The third-order valence-corrected chi connectivity index (χ3v) is 6.17. The van der Waals surface area contributed by atoms with Gasteiger partial charge in [-0.2, -0.15) is 5.10 Å². The summed E-state index contributed by atoms with van der Waals surface area (Å²) in [5, 5.41) is 4.53. The summed E-state index contributed by atoms with van der Waals surface area (Å²) >= 11 is 9.27. The minimum absolute atomic E-state index is 0.151. The maximum absolute atomic E-state index is 12.3. The predicted molar refractivity (Wildman–Crippen MR) is 128 cm³/mol. The summed E-state index contributed by atoms with van der Waals surface area (Å²) in [4.78, 5) is 12.3. The number of hydrogen-bond acceptors (Lipinski definition) is 4. The molecule has 0 radical (unpaired) electrons. The molecule has 3 rings (SSSR count). The van der Waals surface area contributed by atoms with Gasteiger partial charge in [0, 0.05) is 15.1 Å². The Balaban J connectivity index is 1.71. The summed E-state index contributed by atoms with van der Waals surface area (Å²) < 4.78 is 26.8. The lowest BCUT2D eigenvalue weighted by molar-refractivity contribution is 0.0955. The van der Waals surface area contributed by atoms with Gasteiger partial charge in [-0.1, -0.05) is 51.8 Å². The van der Waals surface area contributed by atoms with Gasteiger partial charge in [-0.3, -0.25) is 9.10 Å². The second-order valence-corrected chi connectivity index (χ2v) is 9.96. The van der Waals surface area contributed by atoms with Gasteiger partial charge in [-0.25, -0.2) is 13.8 Å². The van der Waals surface area contributed by atoms with E-state index in [0.717, 1.165) is 21.9 Å². The first kappa shape index (κ1) is 23.0. The molecule has 6 nitrogen and oxygen atoms in total. The molecule has 1 N–H and O–H groups in total. The zero-order chi connectivity index (χ0) is 22.4. The number of amides is 1. The first-order valence-electron chi connectivity index (χ1n) is 9.13. The lowest BCUT2D eigenvalue weighted by Gasteiger charge is -2.22. The molecule has 0 saturated heterocycles. The van der Waals surface area contributed by atoms with Gasteiger partial charge in [0.25, 0.3) is 5.91 Å². The van der Waals surface area contributed by atoms with Gasteiger partial charge in [-0.15, -0.1) is 0 Å². The number of hydrogen-bond donors (Lipinski definition) is 1. The molecule has 0 bridgehead atoms. The van der Waals surface area contributed by atoms with Gasteiger partial charge < -0.3 is 0 Å². The normalized spacial score (nSPS) is 11.5. The molecule has 3 aromatic carbocycles. The molecule has 1 amide bonds. The molecule has 0 atom stereocenters. The number of hydrazone groups is 1. The minimum Gasteiger partial charge on any atom is -0.267 e. The number of sulfonamides is 1. The van der Waals surface area contributed by atoms with Gasteiger partial charge in [0.15, 0.2) is 0 Å². The second kappa shape index (κ2) is 10.1. The molecule has 3 aromatic rings. The lowest BCUT2D eigenvalue weighted by atomic mass is 10.2. The van der Waals surface area contributed by atoms with Gasteiger partial charge >= 0.3 is 0 Å². The Kier molecular flexibility index (Phi) is 7.48. The molecule has 0 aliphatic rings. The Morgan fingerprint density at radius 2 is 1.77 bits per heavy atom. The molecule has 0 aromatic heterocycles. The lowest BCUT2D eigenvalue weighted by Crippen LogP contribution is -2.29. The monoisotopic (exact) mass is 519 g/mol. The number of nitrogens with one attached hydrogen (secondary N) is 1. The summed E-state index contributed by atoms with van der Waals surface area (Å²) in [6.07, 6.45) is 2.68. The Bertz CT molecular complexity index is 1200. The van der Waals surface area contributed by atoms with E-state index in [1.807, 2.05) is 24.3 Å². The van der Waals surface area contributed by atoms with Crippen molar-refractivity contribution >= 4 is 55.4 Å². The largest absolute Gasteiger partial charge is 0.271 e. The van der Waals surface area contributed by atoms with Gasteiger partial charge in [0.1, 0.15) is 0 Å². The van der Waals surface area contributed by atoms with Crippen molar-refractivity contribution in [2.24, 2.45) is 5.10 Å². The molecule has 31 heavy (non-hydrogen) atoms. The van der Waals surface area contributed by atoms with Crippen LogP contribution in [0.4, 0.5) is 5.69 Å². The molecule has 160 valence electrons. The summed E-state index contributed by atoms with van der Waals surface area (Å²) in [5.74, 6) is -0.401. The average molecular weight is 521 g/mol. The number of carbonyl (C=O) groups excluding carboxylic acids is 1. The summed E-state index contributed by atoms with van der Waals surface area (Å²) in [7, 11) is -3.54. The Morgan fingerprint density at radius 3 is 2.39 bits per heavy atom. The number of halogens is 2. The van der Waals surface area contributed by atoms with Crippen LogP contribution in [0, 0.1) is 0 Å². The predicted octanol–water partition coefficient (Wildman–Crippen LogP) is 4.83. The molecule has 0 spiro atoms. The van der Waals surface area contributed by atoms with Crippen molar-refractivity contribution in [2.45, 2.75) is 6.54 Å². The van der Waals surface area contributed by atoms with Crippen molar-refractivity contribution in [2.75, 3.05) is 10.6 Å². The standard InChI is InChI=1S/C22H19BrClN3O3S/c1-31(29,30)27(15-16-5-9-20(24)10-6-16)21-11-7-18(8-12-21)22(28)26-25-14-17-3-2-4-19(23)13-17/h2-14H,15H2,1H3,(H,26,28)/b25-14+. The maximum Gasteiger partial charge on any atom is 0.271 e. The van der Waals surface area contributed by atoms with E-state index in [2.05, 4.69) is 26.5 Å². The first-order chi connectivity index (χ1) is 14.7. The van der Waals surface area contributed by atoms with Crippen molar-refractivity contribution in [3.05, 3.63) is 99.0 Å². The molecular weight excluding hydrogens is 502 g/mol. The summed E-state index contributed by atoms with van der Waals surface area (Å²) in [6, 6.07) is 20.7. The molecule has 0 fully saturated rings. The first-order valence-corrected chi connectivity index (χ1v) is 12.2. The highest BCUT2D eigenvalue weighted by Crippen LogP contribution is 2.22. The fourth-order valence-corrected chi connectivity index (χ4v) is 4.18. The van der Waals surface area contributed by atoms with Crippen LogP contribution < -0.4 is 9.73 Å². The summed E-state index contributed by atoms with van der Waals surface area (Å²) in [6.45, 7) is 0.151. The van der Waals surface area contributed by atoms with Crippen LogP contribution >= 0.6 is 27.5 Å². The van der Waals surface area contributed by atoms with Crippen LogP contribution in [0.1, 0.15) is 21.5 Å². The van der Waals surface area contributed by atoms with Crippen LogP contribution in [-0.2, 0) is 16.6 Å². The van der Waals surface area contributed by atoms with Crippen molar-refractivity contribution in [1.29, 1.82) is 0 Å². The van der Waals surface area contributed by atoms with Crippen LogP contribution in [0.15, 0.2) is 82.4 Å². The number of rotatable bonds is 7.